The summed E-state index contributed by atoms with van der Waals surface area (Å²) in [5.74, 6) is 0. The molecule has 5 nitrogen and oxygen atoms in total. The van der Waals surface area contributed by atoms with Gasteiger partial charge in [0.2, 0.25) is 0 Å². The van der Waals surface area contributed by atoms with E-state index in [0.717, 1.165) is 39.0 Å². The second kappa shape index (κ2) is 9.21. The van der Waals surface area contributed by atoms with Gasteiger partial charge in [-0.05, 0) is 65.2 Å². The van der Waals surface area contributed by atoms with Gasteiger partial charge >= 0.3 is 0 Å². The molecule has 0 atom stereocenters. The van der Waals surface area contributed by atoms with E-state index >= 15 is 0 Å². The van der Waals surface area contributed by atoms with E-state index in [4.69, 9.17) is 0 Å². The van der Waals surface area contributed by atoms with E-state index in [2.05, 4.69) is 35.2 Å². The highest BCUT2D eigenvalue weighted by molar-refractivity contribution is 7.90. The third kappa shape index (κ3) is 4.25. The molecule has 0 saturated carbocycles. The summed E-state index contributed by atoms with van der Waals surface area (Å²) in [7, 11) is 4.28. The fourth-order valence-electron chi connectivity index (χ4n) is 4.41. The van der Waals surface area contributed by atoms with Crippen molar-refractivity contribution in [1.82, 2.24) is 3.97 Å². The maximum atomic E-state index is 13.6. The smallest absolute Gasteiger partial charge is 0.268 e. The molecule has 0 amide bonds. The number of benzene rings is 4. The highest BCUT2D eigenvalue weighted by Gasteiger charge is 2.22. The minimum absolute atomic E-state index is 0.264. The molecular weight excluding hydrogens is 466 g/mol. The van der Waals surface area contributed by atoms with Gasteiger partial charge in [0.15, 0.2) is 0 Å². The summed E-state index contributed by atoms with van der Waals surface area (Å²) in [5.41, 5.74) is 6.82. The van der Waals surface area contributed by atoms with Gasteiger partial charge in [0, 0.05) is 56.7 Å². The molecule has 5 aromatic rings. The van der Waals surface area contributed by atoms with Crippen molar-refractivity contribution in [3.63, 3.8) is 0 Å². The quantitative estimate of drug-likeness (QED) is 0.276. The third-order valence-electron chi connectivity index (χ3n) is 6.48. The fraction of sp³-hybridized carbons (Fsp3) is 0.133. The van der Waals surface area contributed by atoms with Crippen molar-refractivity contribution in [2.75, 3.05) is 38.0 Å². The van der Waals surface area contributed by atoms with Crippen molar-refractivity contribution in [1.29, 1.82) is 0 Å². The molecule has 0 saturated heterocycles. The van der Waals surface area contributed by atoms with Crippen LogP contribution in [0.4, 0.5) is 11.4 Å². The third-order valence-corrected chi connectivity index (χ3v) is 8.17. The van der Waals surface area contributed by atoms with Gasteiger partial charge in [0.1, 0.15) is 0 Å². The Hall–Kier alpha value is -4.03. The van der Waals surface area contributed by atoms with Crippen LogP contribution in [0.1, 0.15) is 0 Å². The summed E-state index contributed by atoms with van der Waals surface area (Å²) in [6, 6.07) is 31.1. The second-order valence-corrected chi connectivity index (χ2v) is 11.1. The molecule has 0 aliphatic rings. The molecule has 0 spiro atoms. The van der Waals surface area contributed by atoms with Gasteiger partial charge in [0.05, 0.1) is 10.4 Å². The van der Waals surface area contributed by atoms with Crippen molar-refractivity contribution in [3.8, 4) is 22.3 Å². The number of fused-ring (bicyclic) bond motifs is 1. The number of aromatic nitrogens is 1. The standard InChI is InChI=1S/C30H29N3O2S/c1-31(2)25-15-10-22(11-16-25)24-14-19-30-28(20-24)29(23-12-17-26(18-13-23)32(3)4)21-33(30)36(34,35)27-8-6-5-7-9-27/h5-21H,1-4H3. The van der Waals surface area contributed by atoms with Crippen LogP contribution in [0.2, 0.25) is 0 Å². The van der Waals surface area contributed by atoms with E-state index in [1.165, 1.54) is 3.97 Å². The molecule has 6 heteroatoms. The van der Waals surface area contributed by atoms with Crippen molar-refractivity contribution < 1.29 is 8.42 Å². The lowest BCUT2D eigenvalue weighted by molar-refractivity contribution is 0.589. The Morgan fingerprint density at radius 2 is 1.14 bits per heavy atom. The Labute approximate surface area is 212 Å². The van der Waals surface area contributed by atoms with E-state index in [9.17, 15) is 8.42 Å². The van der Waals surface area contributed by atoms with Crippen LogP contribution in [-0.2, 0) is 10.0 Å². The molecule has 4 aromatic carbocycles. The molecule has 0 aliphatic heterocycles. The largest absolute Gasteiger partial charge is 0.378 e. The molecular formula is C30H29N3O2S. The first-order chi connectivity index (χ1) is 17.3. The van der Waals surface area contributed by atoms with Crippen LogP contribution in [0.3, 0.4) is 0 Å². The highest BCUT2D eigenvalue weighted by Crippen LogP contribution is 2.36. The van der Waals surface area contributed by atoms with E-state index in [1.807, 2.05) is 75.6 Å². The Morgan fingerprint density at radius 1 is 0.611 bits per heavy atom. The summed E-state index contributed by atoms with van der Waals surface area (Å²) in [4.78, 5) is 4.37. The summed E-state index contributed by atoms with van der Waals surface area (Å²) >= 11 is 0. The summed E-state index contributed by atoms with van der Waals surface area (Å²) < 4.78 is 28.7. The zero-order valence-corrected chi connectivity index (χ0v) is 21.7. The van der Waals surface area contributed by atoms with Gasteiger partial charge < -0.3 is 9.80 Å². The monoisotopic (exact) mass is 495 g/mol. The number of anilines is 2. The Balaban J connectivity index is 1.71. The first-order valence-electron chi connectivity index (χ1n) is 11.8. The Morgan fingerprint density at radius 3 is 1.69 bits per heavy atom. The predicted molar refractivity (Wildman–Crippen MR) is 150 cm³/mol. The van der Waals surface area contributed by atoms with Crippen LogP contribution >= 0.6 is 0 Å². The molecule has 5 rings (SSSR count). The van der Waals surface area contributed by atoms with Crippen molar-refractivity contribution in [3.05, 3.63) is 103 Å². The molecule has 1 heterocycles. The Kier molecular flexibility index (Phi) is 6.06. The lowest BCUT2D eigenvalue weighted by atomic mass is 9.99. The lowest BCUT2D eigenvalue weighted by Crippen LogP contribution is -2.11. The number of hydrogen-bond acceptors (Lipinski definition) is 4. The SMILES string of the molecule is CN(C)c1ccc(-c2ccc3c(c2)c(-c2ccc(N(C)C)cc2)cn3S(=O)(=O)c2ccccc2)cc1. The average molecular weight is 496 g/mol. The number of nitrogens with zero attached hydrogens (tertiary/aromatic N) is 3. The zero-order chi connectivity index (χ0) is 25.4. The summed E-state index contributed by atoms with van der Waals surface area (Å²) in [6.07, 6.45) is 1.75. The normalized spacial score (nSPS) is 11.6. The van der Waals surface area contributed by atoms with Gasteiger partial charge in [-0.3, -0.25) is 0 Å². The van der Waals surface area contributed by atoms with Crippen LogP contribution in [0.5, 0.6) is 0 Å². The van der Waals surface area contributed by atoms with E-state index < -0.39 is 10.0 Å². The molecule has 0 N–H and O–H groups in total. The van der Waals surface area contributed by atoms with Gasteiger partial charge in [-0.15, -0.1) is 0 Å². The van der Waals surface area contributed by atoms with Crippen LogP contribution in [0.15, 0.2) is 108 Å². The minimum Gasteiger partial charge on any atom is -0.378 e. The molecule has 1 aromatic heterocycles. The number of rotatable bonds is 6. The first kappa shape index (κ1) is 23.7. The summed E-state index contributed by atoms with van der Waals surface area (Å²) in [6.45, 7) is 0. The van der Waals surface area contributed by atoms with Gasteiger partial charge in [-0.2, -0.15) is 0 Å². The van der Waals surface area contributed by atoms with Crippen LogP contribution < -0.4 is 9.80 Å². The van der Waals surface area contributed by atoms with E-state index in [-0.39, 0.29) is 4.90 Å². The number of hydrogen-bond donors (Lipinski definition) is 0. The van der Waals surface area contributed by atoms with Crippen molar-refractivity contribution in [2.45, 2.75) is 4.90 Å². The van der Waals surface area contributed by atoms with Crippen LogP contribution in [-0.4, -0.2) is 40.6 Å². The molecule has 0 unspecified atom stereocenters. The van der Waals surface area contributed by atoms with E-state index in [1.54, 1.807) is 30.5 Å². The predicted octanol–water partition coefficient (Wildman–Crippen LogP) is 6.34. The minimum atomic E-state index is -3.76. The van der Waals surface area contributed by atoms with Crippen molar-refractivity contribution in [2.24, 2.45) is 0 Å². The van der Waals surface area contributed by atoms with Gasteiger partial charge in [-0.25, -0.2) is 12.4 Å². The molecule has 0 aliphatic carbocycles. The van der Waals surface area contributed by atoms with E-state index in [0.29, 0.717) is 5.52 Å². The zero-order valence-electron chi connectivity index (χ0n) is 20.9. The first-order valence-corrected chi connectivity index (χ1v) is 13.2. The van der Waals surface area contributed by atoms with Crippen LogP contribution in [0, 0.1) is 0 Å². The van der Waals surface area contributed by atoms with Crippen LogP contribution in [0.25, 0.3) is 33.2 Å². The maximum Gasteiger partial charge on any atom is 0.268 e. The summed E-state index contributed by atoms with van der Waals surface area (Å²) in [5, 5.41) is 0.890. The highest BCUT2D eigenvalue weighted by atomic mass is 32.2. The average Bonchev–Trinajstić information content (AvgIpc) is 3.29. The van der Waals surface area contributed by atoms with Crippen molar-refractivity contribution >= 4 is 32.3 Å². The lowest BCUT2D eigenvalue weighted by Gasteiger charge is -2.13. The van der Waals surface area contributed by atoms with Gasteiger partial charge in [-0.1, -0.05) is 48.5 Å². The molecule has 182 valence electrons. The maximum absolute atomic E-state index is 13.6. The molecule has 0 radical (unpaired) electrons. The molecule has 36 heavy (non-hydrogen) atoms. The molecule has 0 fully saturated rings. The Bertz CT molecular complexity index is 1620. The second-order valence-electron chi connectivity index (χ2n) is 9.27. The molecule has 0 bridgehead atoms. The fourth-order valence-corrected chi connectivity index (χ4v) is 5.80. The van der Waals surface area contributed by atoms with Gasteiger partial charge in [0.25, 0.3) is 10.0 Å². The topological polar surface area (TPSA) is 45.5 Å².